The van der Waals surface area contributed by atoms with Crippen LogP contribution in [-0.2, 0) is 19.0 Å². The zero-order valence-corrected chi connectivity index (χ0v) is 11.1. The van der Waals surface area contributed by atoms with Crippen molar-refractivity contribution in [3.8, 4) is 5.75 Å². The summed E-state index contributed by atoms with van der Waals surface area (Å²) in [6, 6.07) is 7.52. The van der Waals surface area contributed by atoms with Gasteiger partial charge in [0.25, 0.3) is 0 Å². The van der Waals surface area contributed by atoms with Crippen LogP contribution in [0.5, 0.6) is 5.75 Å². The normalized spacial score (nSPS) is 22.8. The number of carbonyl (C=O) groups excluding carboxylic acids is 1. The molecule has 0 N–H and O–H groups in total. The maximum absolute atomic E-state index is 10.8. The van der Waals surface area contributed by atoms with E-state index in [-0.39, 0.29) is 18.7 Å². The van der Waals surface area contributed by atoms with Gasteiger partial charge in [-0.3, -0.25) is 4.79 Å². The molecule has 0 amide bonds. The molecule has 1 fully saturated rings. The van der Waals surface area contributed by atoms with E-state index in [2.05, 4.69) is 0 Å². The lowest BCUT2D eigenvalue weighted by atomic mass is 10.2. The molecule has 0 unspecified atom stereocenters. The summed E-state index contributed by atoms with van der Waals surface area (Å²) >= 11 is 0. The fraction of sp³-hybridized carbons (Fsp3) is 0.500. The third-order valence-corrected chi connectivity index (χ3v) is 2.89. The highest BCUT2D eigenvalue weighted by atomic mass is 16.7. The van der Waals surface area contributed by atoms with E-state index in [9.17, 15) is 4.79 Å². The summed E-state index contributed by atoms with van der Waals surface area (Å²) in [5.41, 5.74) is 0.924. The predicted molar refractivity (Wildman–Crippen MR) is 67.8 cm³/mol. The first-order chi connectivity index (χ1) is 9.19. The Morgan fingerprint density at radius 2 is 2.11 bits per heavy atom. The Labute approximate surface area is 112 Å². The second-order valence-corrected chi connectivity index (χ2v) is 4.33. The first kappa shape index (κ1) is 13.8. The number of hydrogen-bond acceptors (Lipinski definition) is 5. The van der Waals surface area contributed by atoms with E-state index in [1.54, 1.807) is 7.11 Å². The lowest BCUT2D eigenvalue weighted by Gasteiger charge is -2.30. The van der Waals surface area contributed by atoms with E-state index >= 15 is 0 Å². The van der Waals surface area contributed by atoms with Crippen molar-refractivity contribution in [2.45, 2.75) is 25.7 Å². The maximum atomic E-state index is 10.8. The summed E-state index contributed by atoms with van der Waals surface area (Å²) in [7, 11) is 1.62. The molecule has 0 aliphatic carbocycles. The Morgan fingerprint density at radius 1 is 1.37 bits per heavy atom. The number of methoxy groups -OCH3 is 1. The fourth-order valence-corrected chi connectivity index (χ4v) is 1.86. The van der Waals surface area contributed by atoms with E-state index in [0.29, 0.717) is 6.61 Å². The fourth-order valence-electron chi connectivity index (χ4n) is 1.86. The number of ether oxygens (including phenoxy) is 4. The van der Waals surface area contributed by atoms with E-state index < -0.39 is 6.29 Å². The van der Waals surface area contributed by atoms with Crippen molar-refractivity contribution >= 4 is 5.97 Å². The SMILES string of the molecule is COc1ccc([C@H]2OCC[C@@H](COC(C)=O)O2)cc1. The topological polar surface area (TPSA) is 54.0 Å². The highest BCUT2D eigenvalue weighted by Gasteiger charge is 2.25. The molecule has 1 saturated heterocycles. The Bertz CT molecular complexity index is 414. The molecular formula is C14H18O5. The van der Waals surface area contributed by atoms with Crippen molar-refractivity contribution in [2.24, 2.45) is 0 Å². The highest BCUT2D eigenvalue weighted by molar-refractivity contribution is 5.65. The number of esters is 1. The maximum Gasteiger partial charge on any atom is 0.302 e. The smallest absolute Gasteiger partial charge is 0.302 e. The molecule has 19 heavy (non-hydrogen) atoms. The quantitative estimate of drug-likeness (QED) is 0.781. The van der Waals surface area contributed by atoms with Crippen LogP contribution in [-0.4, -0.2) is 32.4 Å². The Hall–Kier alpha value is -1.59. The summed E-state index contributed by atoms with van der Waals surface area (Å²) in [5, 5.41) is 0. The van der Waals surface area contributed by atoms with Crippen molar-refractivity contribution in [1.82, 2.24) is 0 Å². The van der Waals surface area contributed by atoms with Crippen LogP contribution in [0.3, 0.4) is 0 Å². The second-order valence-electron chi connectivity index (χ2n) is 4.33. The Morgan fingerprint density at radius 3 is 2.74 bits per heavy atom. The molecule has 1 aliphatic rings. The zero-order chi connectivity index (χ0) is 13.7. The molecule has 2 rings (SSSR count). The molecule has 0 bridgehead atoms. The van der Waals surface area contributed by atoms with Gasteiger partial charge < -0.3 is 18.9 Å². The number of carbonyl (C=O) groups is 1. The molecule has 0 saturated carbocycles. The van der Waals surface area contributed by atoms with Crippen LogP contribution in [0.2, 0.25) is 0 Å². The number of hydrogen-bond donors (Lipinski definition) is 0. The van der Waals surface area contributed by atoms with Crippen molar-refractivity contribution in [3.63, 3.8) is 0 Å². The lowest BCUT2D eigenvalue weighted by Crippen LogP contribution is -2.31. The Kier molecular flexibility index (Phi) is 4.76. The third-order valence-electron chi connectivity index (χ3n) is 2.89. The van der Waals surface area contributed by atoms with Gasteiger partial charge in [-0.1, -0.05) is 12.1 Å². The van der Waals surface area contributed by atoms with Crippen LogP contribution in [0.15, 0.2) is 24.3 Å². The Balaban J connectivity index is 1.94. The van der Waals surface area contributed by atoms with Crippen LogP contribution < -0.4 is 4.74 Å². The van der Waals surface area contributed by atoms with Crippen LogP contribution in [0.25, 0.3) is 0 Å². The molecule has 0 radical (unpaired) electrons. The van der Waals surface area contributed by atoms with Crippen molar-refractivity contribution in [3.05, 3.63) is 29.8 Å². The molecule has 1 aromatic carbocycles. The highest BCUT2D eigenvalue weighted by Crippen LogP contribution is 2.27. The van der Waals surface area contributed by atoms with Gasteiger partial charge >= 0.3 is 5.97 Å². The number of rotatable bonds is 4. The van der Waals surface area contributed by atoms with Gasteiger partial charge in [0.1, 0.15) is 12.4 Å². The monoisotopic (exact) mass is 266 g/mol. The summed E-state index contributed by atoms with van der Waals surface area (Å²) < 4.78 is 21.4. The molecule has 2 atom stereocenters. The minimum absolute atomic E-state index is 0.121. The molecule has 5 nitrogen and oxygen atoms in total. The van der Waals surface area contributed by atoms with E-state index in [1.165, 1.54) is 6.92 Å². The molecule has 1 aliphatic heterocycles. The van der Waals surface area contributed by atoms with Gasteiger partial charge in [0.05, 0.1) is 19.8 Å². The summed E-state index contributed by atoms with van der Waals surface area (Å²) in [5.74, 6) is 0.493. The standard InChI is InChI=1S/C14H18O5/c1-10(15)18-9-13-7-8-17-14(19-13)11-3-5-12(16-2)6-4-11/h3-6,13-14H,7-9H2,1-2H3/t13-,14-/m0/s1. The van der Waals surface area contributed by atoms with Crippen molar-refractivity contribution < 1.29 is 23.7 Å². The zero-order valence-electron chi connectivity index (χ0n) is 11.1. The van der Waals surface area contributed by atoms with Crippen LogP contribution in [0.4, 0.5) is 0 Å². The first-order valence-electron chi connectivity index (χ1n) is 6.23. The number of benzene rings is 1. The third kappa shape index (κ3) is 3.94. The summed E-state index contributed by atoms with van der Waals surface area (Å²) in [4.78, 5) is 10.8. The van der Waals surface area contributed by atoms with E-state index in [4.69, 9.17) is 18.9 Å². The predicted octanol–water partition coefficient (Wildman–Crippen LogP) is 2.06. The van der Waals surface area contributed by atoms with Gasteiger partial charge in [-0.25, -0.2) is 0 Å². The van der Waals surface area contributed by atoms with Gasteiger partial charge in [-0.15, -0.1) is 0 Å². The largest absolute Gasteiger partial charge is 0.497 e. The molecular weight excluding hydrogens is 248 g/mol. The van der Waals surface area contributed by atoms with Gasteiger partial charge in [0, 0.05) is 18.9 Å². The average Bonchev–Trinajstić information content (AvgIpc) is 2.45. The molecule has 0 aromatic heterocycles. The molecule has 5 heteroatoms. The summed E-state index contributed by atoms with van der Waals surface area (Å²) in [6.45, 7) is 2.24. The van der Waals surface area contributed by atoms with Gasteiger partial charge in [0.2, 0.25) is 0 Å². The average molecular weight is 266 g/mol. The minimum atomic E-state index is -0.416. The second kappa shape index (κ2) is 6.54. The van der Waals surface area contributed by atoms with E-state index in [1.807, 2.05) is 24.3 Å². The van der Waals surface area contributed by atoms with E-state index in [0.717, 1.165) is 17.7 Å². The molecule has 0 spiro atoms. The van der Waals surface area contributed by atoms with Gasteiger partial charge in [-0.05, 0) is 12.1 Å². The summed E-state index contributed by atoms with van der Waals surface area (Å²) in [6.07, 6.45) is 0.185. The molecule has 1 aromatic rings. The molecule has 104 valence electrons. The van der Waals surface area contributed by atoms with Gasteiger partial charge in [-0.2, -0.15) is 0 Å². The van der Waals surface area contributed by atoms with Crippen LogP contribution >= 0.6 is 0 Å². The van der Waals surface area contributed by atoms with Gasteiger partial charge in [0.15, 0.2) is 6.29 Å². The van der Waals surface area contributed by atoms with Crippen LogP contribution in [0.1, 0.15) is 25.2 Å². The van der Waals surface area contributed by atoms with Crippen molar-refractivity contribution in [1.29, 1.82) is 0 Å². The van der Waals surface area contributed by atoms with Crippen LogP contribution in [0, 0.1) is 0 Å². The first-order valence-corrected chi connectivity index (χ1v) is 6.23. The van der Waals surface area contributed by atoms with Crippen molar-refractivity contribution in [2.75, 3.05) is 20.3 Å². The minimum Gasteiger partial charge on any atom is -0.497 e. The lowest BCUT2D eigenvalue weighted by molar-refractivity contribution is -0.227. The molecule has 1 heterocycles.